The number of amides is 2. The van der Waals surface area contributed by atoms with Gasteiger partial charge in [-0.1, -0.05) is 41.4 Å². The van der Waals surface area contributed by atoms with Gasteiger partial charge >= 0.3 is 17.6 Å². The fraction of sp³-hybridized carbons (Fsp3) is 0.300. The minimum Gasteiger partial charge on any atom is -0.463 e. The van der Waals surface area contributed by atoms with Crippen LogP contribution in [0.3, 0.4) is 0 Å². The van der Waals surface area contributed by atoms with E-state index < -0.39 is 69.9 Å². The second-order valence-electron chi connectivity index (χ2n) is 11.5. The Morgan fingerprint density at radius 3 is 2.45 bits per heavy atom. The van der Waals surface area contributed by atoms with Crippen LogP contribution in [0.2, 0.25) is 10.0 Å². The Bertz CT molecular complexity index is 2120. The molecule has 4 aromatic rings. The van der Waals surface area contributed by atoms with Crippen molar-refractivity contribution in [3.8, 4) is 0 Å². The maximum atomic E-state index is 14.9. The van der Waals surface area contributed by atoms with Crippen LogP contribution < -0.4 is 16.8 Å². The number of pyridine rings is 1. The van der Waals surface area contributed by atoms with Crippen LogP contribution >= 0.6 is 23.2 Å². The zero-order chi connectivity index (χ0) is 33.6. The van der Waals surface area contributed by atoms with Gasteiger partial charge in [-0.2, -0.15) is 18.2 Å². The van der Waals surface area contributed by atoms with Crippen LogP contribution in [0.1, 0.15) is 41.0 Å². The van der Waals surface area contributed by atoms with Gasteiger partial charge in [0.05, 0.1) is 35.0 Å². The van der Waals surface area contributed by atoms with Crippen molar-refractivity contribution in [3.63, 3.8) is 0 Å². The number of furan rings is 1. The van der Waals surface area contributed by atoms with Gasteiger partial charge in [0.2, 0.25) is 0 Å². The molecule has 0 radical (unpaired) electrons. The van der Waals surface area contributed by atoms with E-state index in [2.05, 4.69) is 10.4 Å². The first-order valence-corrected chi connectivity index (χ1v) is 15.0. The summed E-state index contributed by atoms with van der Waals surface area (Å²) in [4.78, 5) is 59.4. The van der Waals surface area contributed by atoms with E-state index in [1.165, 1.54) is 22.5 Å². The minimum atomic E-state index is -4.74. The van der Waals surface area contributed by atoms with Gasteiger partial charge in [-0.25, -0.2) is 28.5 Å². The molecule has 12 nitrogen and oxygen atoms in total. The number of anilines is 1. The van der Waals surface area contributed by atoms with Crippen LogP contribution in [-0.2, 0) is 41.4 Å². The van der Waals surface area contributed by atoms with E-state index in [4.69, 9.17) is 27.6 Å². The van der Waals surface area contributed by atoms with E-state index in [1.807, 2.05) is 0 Å². The van der Waals surface area contributed by atoms with E-state index in [9.17, 15) is 37.5 Å². The molecule has 3 aliphatic rings. The van der Waals surface area contributed by atoms with Crippen LogP contribution in [0.4, 0.5) is 19.0 Å². The van der Waals surface area contributed by atoms with Gasteiger partial charge in [0, 0.05) is 18.3 Å². The molecule has 1 saturated carbocycles. The first kappa shape index (κ1) is 31.0. The summed E-state index contributed by atoms with van der Waals surface area (Å²) >= 11 is 12.4. The van der Waals surface area contributed by atoms with Gasteiger partial charge in [-0.15, -0.1) is 0 Å². The molecule has 2 N–H and O–H groups in total. The normalized spacial score (nSPS) is 23.8. The Hall–Kier alpha value is -4.60. The molecular formula is C30H23Cl2F3N6O6. The van der Waals surface area contributed by atoms with Crippen molar-refractivity contribution in [3.05, 3.63) is 114 Å². The first-order chi connectivity index (χ1) is 22.3. The van der Waals surface area contributed by atoms with E-state index >= 15 is 0 Å². The van der Waals surface area contributed by atoms with Crippen LogP contribution in [-0.4, -0.2) is 40.8 Å². The van der Waals surface area contributed by atoms with Crippen LogP contribution in [0.25, 0.3) is 0 Å². The molecule has 2 amide bonds. The number of carbonyl (C=O) groups is 2. The van der Waals surface area contributed by atoms with Gasteiger partial charge in [-0.05, 0) is 47.9 Å². The summed E-state index contributed by atoms with van der Waals surface area (Å²) in [6.45, 7) is -0.496. The van der Waals surface area contributed by atoms with Crippen molar-refractivity contribution in [1.29, 1.82) is 0 Å². The summed E-state index contributed by atoms with van der Waals surface area (Å²) in [7, 11) is 1.33. The Kier molecular flexibility index (Phi) is 7.07. The highest BCUT2D eigenvalue weighted by atomic mass is 35.5. The Morgan fingerprint density at radius 1 is 1.09 bits per heavy atom. The fourth-order valence-electron chi connectivity index (χ4n) is 7.10. The Balaban J connectivity index is 1.45. The number of allylic oxidation sites excluding steroid dienone is 2. The lowest BCUT2D eigenvalue weighted by Gasteiger charge is -2.47. The van der Waals surface area contributed by atoms with E-state index in [1.54, 1.807) is 36.4 Å². The number of fused-ring (bicyclic) bond motifs is 4. The second-order valence-corrected chi connectivity index (χ2v) is 12.3. The highest BCUT2D eigenvalue weighted by molar-refractivity contribution is 6.33. The molecule has 47 heavy (non-hydrogen) atoms. The Morgan fingerprint density at radius 2 is 1.81 bits per heavy atom. The lowest BCUT2D eigenvalue weighted by Crippen LogP contribution is -2.53. The van der Waals surface area contributed by atoms with Gasteiger partial charge in [-0.3, -0.25) is 15.0 Å². The quantitative estimate of drug-likeness (QED) is 0.238. The topological polar surface area (TPSA) is 145 Å². The summed E-state index contributed by atoms with van der Waals surface area (Å²) < 4.78 is 49.4. The van der Waals surface area contributed by atoms with Crippen molar-refractivity contribution in [2.45, 2.75) is 43.1 Å². The van der Waals surface area contributed by atoms with E-state index in [0.29, 0.717) is 33.4 Å². The maximum Gasteiger partial charge on any atom is 0.417 e. The van der Waals surface area contributed by atoms with Crippen LogP contribution in [0, 0.1) is 5.92 Å². The molecular weight excluding hydrogens is 668 g/mol. The highest BCUT2D eigenvalue weighted by Crippen LogP contribution is 2.62. The van der Waals surface area contributed by atoms with Crippen molar-refractivity contribution >= 4 is 40.8 Å². The number of aromatic nitrogens is 4. The average molecular weight is 691 g/mol. The SMILES string of the molecule is Cn1c(=O)n2n(c1=O)C1CC3C(=O)N(Nc4ncc(C(F)(F)F)cc4Cl)C(=O)C3(c3ccc(Cl)cc3)C(c3ccc(CO)o3)C1=CC2. The monoisotopic (exact) mass is 690 g/mol. The predicted molar refractivity (Wildman–Crippen MR) is 159 cm³/mol. The van der Waals surface area contributed by atoms with Gasteiger partial charge in [0.15, 0.2) is 5.82 Å². The highest BCUT2D eigenvalue weighted by Gasteiger charge is 2.69. The lowest BCUT2D eigenvalue weighted by molar-refractivity contribution is -0.139. The van der Waals surface area contributed by atoms with Gasteiger partial charge in [0.1, 0.15) is 23.5 Å². The summed E-state index contributed by atoms with van der Waals surface area (Å²) in [5, 5.41) is 10.4. The van der Waals surface area contributed by atoms with E-state index in [-0.39, 0.29) is 30.3 Å². The molecule has 5 heterocycles. The molecule has 3 aromatic heterocycles. The second kappa shape index (κ2) is 10.7. The Labute approximate surface area is 272 Å². The lowest BCUT2D eigenvalue weighted by atomic mass is 9.54. The standard InChI is InChI=1S/C30H23Cl2F3N6O6/c1-38-27(45)39-9-8-18-21(41(39)28(38)46)11-19-25(43)40(37-24-20(32)10-15(12-36-24)30(33,34)35)26(44)29(19,14-2-4-16(31)5-3-14)23(18)22-7-6-17(13-42)47-22/h2-8,10,12,19,21,23,42H,9,11,13H2,1H3,(H,36,37). The number of halogens is 5. The van der Waals surface area contributed by atoms with E-state index in [0.717, 1.165) is 4.57 Å². The molecule has 1 saturated heterocycles. The number of hydrazine groups is 1. The van der Waals surface area contributed by atoms with Crippen molar-refractivity contribution < 1.29 is 32.3 Å². The number of nitrogens with one attached hydrogen (secondary N) is 1. The van der Waals surface area contributed by atoms with Crippen LogP contribution in [0.15, 0.2) is 74.3 Å². The number of rotatable bonds is 5. The molecule has 4 unspecified atom stereocenters. The molecule has 2 aliphatic heterocycles. The minimum absolute atomic E-state index is 0.0264. The fourth-order valence-corrected chi connectivity index (χ4v) is 7.43. The summed E-state index contributed by atoms with van der Waals surface area (Å²) in [6.07, 6.45) is -2.64. The molecule has 0 bridgehead atoms. The zero-order valence-corrected chi connectivity index (χ0v) is 25.7. The summed E-state index contributed by atoms with van der Waals surface area (Å²) in [5.41, 5.74) is -0.691. The molecule has 4 atom stereocenters. The van der Waals surface area contributed by atoms with Crippen molar-refractivity contribution in [2.24, 2.45) is 13.0 Å². The third kappa shape index (κ3) is 4.43. The molecule has 1 aliphatic carbocycles. The number of aliphatic hydroxyl groups is 1. The summed E-state index contributed by atoms with van der Waals surface area (Å²) in [6, 6.07) is 9.08. The number of aliphatic hydroxyl groups excluding tert-OH is 1. The third-order valence-electron chi connectivity index (χ3n) is 9.13. The van der Waals surface area contributed by atoms with Crippen molar-refractivity contribution in [2.75, 3.05) is 5.43 Å². The number of nitrogens with zero attached hydrogens (tertiary/aromatic N) is 5. The van der Waals surface area contributed by atoms with Gasteiger partial charge in [0.25, 0.3) is 11.8 Å². The number of hydrogen-bond acceptors (Lipinski definition) is 8. The first-order valence-electron chi connectivity index (χ1n) is 14.2. The average Bonchev–Trinajstić information content (AvgIpc) is 3.67. The van der Waals surface area contributed by atoms with Gasteiger partial charge < -0.3 is 9.52 Å². The van der Waals surface area contributed by atoms with Crippen LogP contribution in [0.5, 0.6) is 0 Å². The maximum absolute atomic E-state index is 14.9. The number of carbonyl (C=O) groups excluding carboxylic acids is 2. The molecule has 1 aromatic carbocycles. The third-order valence-corrected chi connectivity index (χ3v) is 9.67. The molecule has 244 valence electrons. The number of alkyl halides is 3. The smallest absolute Gasteiger partial charge is 0.417 e. The number of imide groups is 1. The molecule has 7 rings (SSSR count). The summed E-state index contributed by atoms with van der Waals surface area (Å²) in [5.74, 6) is -3.90. The molecule has 17 heteroatoms. The number of hydrogen-bond donors (Lipinski definition) is 2. The number of benzene rings is 1. The van der Waals surface area contributed by atoms with Crippen molar-refractivity contribution in [1.82, 2.24) is 23.9 Å². The predicted octanol–water partition coefficient (Wildman–Crippen LogP) is 3.77. The zero-order valence-electron chi connectivity index (χ0n) is 24.2. The largest absolute Gasteiger partial charge is 0.463 e. The molecule has 0 spiro atoms. The molecule has 2 fully saturated rings.